The number of cyclic esters (lactones) is 1. The lowest BCUT2D eigenvalue weighted by molar-refractivity contribution is -0.147. The van der Waals surface area contributed by atoms with Crippen molar-refractivity contribution in [3.05, 3.63) is 72.9 Å². The Morgan fingerprint density at radius 2 is 0.978 bits per heavy atom. The van der Waals surface area contributed by atoms with Crippen LogP contribution in [0.15, 0.2) is 72.9 Å². The summed E-state index contributed by atoms with van der Waals surface area (Å²) in [4.78, 5) is 12.4. The highest BCUT2D eigenvalue weighted by Crippen LogP contribution is 2.20. The van der Waals surface area contributed by atoms with E-state index in [-0.39, 0.29) is 56.8 Å². The molecule has 1 rings (SSSR count). The Bertz CT molecular complexity index is 985. The van der Waals surface area contributed by atoms with Crippen LogP contribution in [0.5, 0.6) is 0 Å². The minimum absolute atomic E-state index is 0.00472. The first kappa shape index (κ1) is 40.6. The van der Waals surface area contributed by atoms with Crippen molar-refractivity contribution in [2.45, 2.75) is 127 Å². The van der Waals surface area contributed by atoms with Gasteiger partial charge in [-0.1, -0.05) is 87.6 Å². The van der Waals surface area contributed by atoms with Crippen molar-refractivity contribution in [2.75, 3.05) is 0 Å². The molecule has 0 spiro atoms. The average Bonchev–Trinajstić information content (AvgIpc) is 2.91. The van der Waals surface area contributed by atoms with E-state index in [0.29, 0.717) is 6.42 Å². The normalized spacial score (nSPS) is 39.3. The van der Waals surface area contributed by atoms with E-state index in [1.165, 1.54) is 12.2 Å². The molecule has 0 saturated heterocycles. The molecule has 10 nitrogen and oxygen atoms in total. The van der Waals surface area contributed by atoms with E-state index in [1.54, 1.807) is 60.8 Å². The number of aliphatic hydroxyl groups excluding tert-OH is 8. The third kappa shape index (κ3) is 20.4. The van der Waals surface area contributed by atoms with Gasteiger partial charge in [-0.05, 0) is 50.9 Å². The van der Waals surface area contributed by atoms with E-state index in [4.69, 9.17) is 4.74 Å². The number of esters is 1. The molecule has 0 aromatic heterocycles. The zero-order chi connectivity index (χ0) is 33.8. The number of hydrogen-bond donors (Lipinski definition) is 8. The average molecular weight is 637 g/mol. The van der Waals surface area contributed by atoms with Crippen molar-refractivity contribution in [3.8, 4) is 0 Å². The molecular formula is C35H56O10. The fourth-order valence-corrected chi connectivity index (χ4v) is 5.19. The SMILES string of the molecule is CC(C)[C@@H]1OC(=O)/C=C/C=C/C=C/C=C/C=C\C[C@H](O)C[C@H](O)C[C@H](O)C[C@@H](O)C[C@H](O)C[C@H](O)C[C@@H](O)C[C@@H](O)/C=C\[C@@H]1C. The third-order valence-corrected chi connectivity index (χ3v) is 7.40. The number of rotatable bonds is 1. The molecule has 0 bridgehead atoms. The van der Waals surface area contributed by atoms with E-state index in [9.17, 15) is 45.6 Å². The molecule has 0 aromatic carbocycles. The van der Waals surface area contributed by atoms with Crippen molar-refractivity contribution >= 4 is 5.97 Å². The second kappa shape index (κ2) is 23.0. The lowest BCUT2D eigenvalue weighted by atomic mass is 9.93. The Balaban J connectivity index is 2.93. The van der Waals surface area contributed by atoms with Crippen LogP contribution in [-0.4, -0.2) is 102 Å². The monoisotopic (exact) mass is 636 g/mol. The first-order chi connectivity index (χ1) is 21.3. The van der Waals surface area contributed by atoms with Crippen LogP contribution in [0, 0.1) is 11.8 Å². The summed E-state index contributed by atoms with van der Waals surface area (Å²) < 4.78 is 5.64. The molecule has 0 unspecified atom stereocenters. The summed E-state index contributed by atoms with van der Waals surface area (Å²) in [6, 6.07) is 0. The van der Waals surface area contributed by atoms with Crippen LogP contribution < -0.4 is 0 Å². The molecule has 0 saturated carbocycles. The lowest BCUT2D eigenvalue weighted by Crippen LogP contribution is -2.30. The molecule has 0 amide bonds. The van der Waals surface area contributed by atoms with Gasteiger partial charge in [-0.2, -0.15) is 0 Å². The summed E-state index contributed by atoms with van der Waals surface area (Å²) in [7, 11) is 0. The van der Waals surface area contributed by atoms with Gasteiger partial charge in [0.2, 0.25) is 0 Å². The number of carbonyl (C=O) groups excluding carboxylic acids is 1. The van der Waals surface area contributed by atoms with Gasteiger partial charge < -0.3 is 45.6 Å². The molecule has 1 aliphatic heterocycles. The largest absolute Gasteiger partial charge is 0.458 e. The van der Waals surface area contributed by atoms with Crippen LogP contribution in [-0.2, 0) is 9.53 Å². The lowest BCUT2D eigenvalue weighted by Gasteiger charge is -2.25. The number of ether oxygens (including phenoxy) is 1. The maximum absolute atomic E-state index is 12.4. The van der Waals surface area contributed by atoms with Crippen molar-refractivity contribution in [1.29, 1.82) is 0 Å². The molecule has 0 radical (unpaired) electrons. The molecule has 10 heteroatoms. The van der Waals surface area contributed by atoms with E-state index in [0.717, 1.165) is 0 Å². The van der Waals surface area contributed by atoms with Crippen molar-refractivity contribution < 1.29 is 50.4 Å². The highest BCUT2D eigenvalue weighted by molar-refractivity contribution is 5.82. The molecule has 0 fully saturated rings. The van der Waals surface area contributed by atoms with Gasteiger partial charge in [-0.3, -0.25) is 0 Å². The van der Waals surface area contributed by atoms with Gasteiger partial charge in [0.25, 0.3) is 0 Å². The van der Waals surface area contributed by atoms with Gasteiger partial charge in [0.1, 0.15) is 6.10 Å². The highest BCUT2D eigenvalue weighted by Gasteiger charge is 2.25. The Morgan fingerprint density at radius 3 is 1.44 bits per heavy atom. The van der Waals surface area contributed by atoms with Gasteiger partial charge in [0, 0.05) is 18.4 Å². The summed E-state index contributed by atoms with van der Waals surface area (Å²) >= 11 is 0. The molecule has 0 aliphatic carbocycles. The Hall–Kier alpha value is -2.41. The van der Waals surface area contributed by atoms with Crippen LogP contribution in [0.25, 0.3) is 0 Å². The Morgan fingerprint density at radius 1 is 0.578 bits per heavy atom. The molecule has 1 aliphatic rings. The van der Waals surface area contributed by atoms with Crippen molar-refractivity contribution in [2.24, 2.45) is 11.8 Å². The maximum Gasteiger partial charge on any atom is 0.331 e. The quantitative estimate of drug-likeness (QED) is 0.157. The number of allylic oxidation sites excluding steroid dienone is 8. The number of hydrogen-bond acceptors (Lipinski definition) is 10. The first-order valence-corrected chi connectivity index (χ1v) is 15.9. The Kier molecular flexibility index (Phi) is 20.8. The van der Waals surface area contributed by atoms with Gasteiger partial charge >= 0.3 is 5.97 Å². The standard InChI is InChI=1S/C35H56O10/c1-24(2)35-25(3)15-16-27(37)18-29(39)20-31(41)22-33(43)23-32(42)21-30(40)19-28(38)17-26(36)13-11-9-7-5-4-6-8-10-12-14-34(44)45-35/h4-12,14-16,24-33,35-43H,13,17-23H2,1-3H3/b6-4+,7-5+,10-8+,11-9-,14-12+,16-15-/t25-,26-,27-,28-,29-,30-,31+,32+,33+,35-/m0/s1. The molecule has 45 heavy (non-hydrogen) atoms. The smallest absolute Gasteiger partial charge is 0.331 e. The minimum Gasteiger partial charge on any atom is -0.458 e. The van der Waals surface area contributed by atoms with Gasteiger partial charge in [-0.15, -0.1) is 0 Å². The predicted octanol–water partition coefficient (Wildman–Crippen LogP) is 2.55. The van der Waals surface area contributed by atoms with E-state index in [1.807, 2.05) is 20.8 Å². The van der Waals surface area contributed by atoms with Crippen molar-refractivity contribution in [1.82, 2.24) is 0 Å². The minimum atomic E-state index is -1.10. The number of aliphatic hydroxyl groups is 8. The number of carbonyl (C=O) groups is 1. The second-order valence-electron chi connectivity index (χ2n) is 12.4. The maximum atomic E-state index is 12.4. The molecule has 10 atom stereocenters. The first-order valence-electron chi connectivity index (χ1n) is 15.9. The van der Waals surface area contributed by atoms with Gasteiger partial charge in [0.15, 0.2) is 0 Å². The summed E-state index contributed by atoms with van der Waals surface area (Å²) in [5.74, 6) is -0.714. The summed E-state index contributed by atoms with van der Waals surface area (Å²) in [6.07, 6.45) is 11.4. The van der Waals surface area contributed by atoms with E-state index in [2.05, 4.69) is 0 Å². The topological polar surface area (TPSA) is 188 Å². The third-order valence-electron chi connectivity index (χ3n) is 7.40. The Labute approximate surface area is 268 Å². The van der Waals surface area contributed by atoms with Crippen LogP contribution in [0.2, 0.25) is 0 Å². The molecule has 1 heterocycles. The summed E-state index contributed by atoms with van der Waals surface area (Å²) in [6.45, 7) is 5.72. The van der Waals surface area contributed by atoms with E-state index >= 15 is 0 Å². The van der Waals surface area contributed by atoms with Crippen LogP contribution >= 0.6 is 0 Å². The van der Waals surface area contributed by atoms with Crippen molar-refractivity contribution in [3.63, 3.8) is 0 Å². The fourth-order valence-electron chi connectivity index (χ4n) is 5.19. The summed E-state index contributed by atoms with van der Waals surface area (Å²) in [5.41, 5.74) is 0. The molecular weight excluding hydrogens is 580 g/mol. The van der Waals surface area contributed by atoms with Crippen LogP contribution in [0.1, 0.15) is 72.1 Å². The molecule has 256 valence electrons. The van der Waals surface area contributed by atoms with Crippen LogP contribution in [0.3, 0.4) is 0 Å². The fraction of sp³-hybridized carbons (Fsp3) is 0.629. The van der Waals surface area contributed by atoms with Crippen LogP contribution in [0.4, 0.5) is 0 Å². The van der Waals surface area contributed by atoms with Gasteiger partial charge in [0.05, 0.1) is 48.8 Å². The highest BCUT2D eigenvalue weighted by atomic mass is 16.5. The predicted molar refractivity (Wildman–Crippen MR) is 174 cm³/mol. The van der Waals surface area contributed by atoms with E-state index < -0.39 is 60.9 Å². The summed E-state index contributed by atoms with van der Waals surface area (Å²) in [5, 5.41) is 82.4. The molecule has 0 aromatic rings. The zero-order valence-corrected chi connectivity index (χ0v) is 26.8. The van der Waals surface area contributed by atoms with Gasteiger partial charge in [-0.25, -0.2) is 4.79 Å². The second-order valence-corrected chi connectivity index (χ2v) is 12.4. The molecule has 8 N–H and O–H groups in total. The zero-order valence-electron chi connectivity index (χ0n) is 26.8.